The molecule has 1 aliphatic carbocycles. The van der Waals surface area contributed by atoms with Crippen molar-refractivity contribution in [3.63, 3.8) is 0 Å². The van der Waals surface area contributed by atoms with Gasteiger partial charge in [0.15, 0.2) is 0 Å². The topological polar surface area (TPSA) is 78.6 Å². The molecule has 0 aromatic heterocycles. The smallest absolute Gasteiger partial charge is 0.253 e. The molecule has 1 aromatic carbocycles. The number of nitrogens with one attached hydrogen (secondary N) is 1. The lowest BCUT2D eigenvalue weighted by Crippen LogP contribution is -2.45. The van der Waals surface area contributed by atoms with Crippen LogP contribution in [0.5, 0.6) is 0 Å². The van der Waals surface area contributed by atoms with Crippen LogP contribution in [0.4, 0.5) is 11.4 Å². The van der Waals surface area contributed by atoms with Crippen molar-refractivity contribution in [1.82, 2.24) is 5.32 Å². The van der Waals surface area contributed by atoms with E-state index in [-0.39, 0.29) is 11.9 Å². The van der Waals surface area contributed by atoms with Crippen molar-refractivity contribution in [2.75, 3.05) is 24.7 Å². The quantitative estimate of drug-likeness (QED) is 0.729. The van der Waals surface area contributed by atoms with Crippen LogP contribution in [0.1, 0.15) is 36.0 Å². The van der Waals surface area contributed by atoms with Gasteiger partial charge in [-0.05, 0) is 31.0 Å². The number of nitrogen functional groups attached to an aromatic ring is 1. The number of nitrogens with zero attached hydrogens (tertiary/aromatic N) is 1. The van der Waals surface area contributed by atoms with E-state index in [9.17, 15) is 9.90 Å². The van der Waals surface area contributed by atoms with Gasteiger partial charge in [-0.15, -0.1) is 0 Å². The minimum absolute atomic E-state index is 0.160. The highest BCUT2D eigenvalue weighted by molar-refractivity contribution is 6.00. The molecule has 0 bridgehead atoms. The monoisotopic (exact) mass is 277 g/mol. The van der Waals surface area contributed by atoms with Crippen LogP contribution in [0.2, 0.25) is 0 Å². The highest BCUT2D eigenvalue weighted by Gasteiger charge is 2.25. The zero-order chi connectivity index (χ0) is 14.7. The van der Waals surface area contributed by atoms with Gasteiger partial charge in [0.2, 0.25) is 0 Å². The van der Waals surface area contributed by atoms with Crippen molar-refractivity contribution >= 4 is 17.3 Å². The van der Waals surface area contributed by atoms with Crippen molar-refractivity contribution in [2.24, 2.45) is 0 Å². The van der Waals surface area contributed by atoms with E-state index in [1.165, 1.54) is 0 Å². The second kappa shape index (κ2) is 6.13. The van der Waals surface area contributed by atoms with Crippen LogP contribution in [0.3, 0.4) is 0 Å². The first-order valence-electron chi connectivity index (χ1n) is 7.05. The minimum Gasteiger partial charge on any atom is -0.399 e. The Hall–Kier alpha value is -1.75. The van der Waals surface area contributed by atoms with Crippen LogP contribution in [-0.2, 0) is 0 Å². The maximum Gasteiger partial charge on any atom is 0.253 e. The summed E-state index contributed by atoms with van der Waals surface area (Å²) in [5.74, 6) is -0.174. The van der Waals surface area contributed by atoms with Gasteiger partial charge in [-0.2, -0.15) is 0 Å². The van der Waals surface area contributed by atoms with Gasteiger partial charge < -0.3 is 21.1 Å². The first-order chi connectivity index (χ1) is 9.49. The fourth-order valence-electron chi connectivity index (χ4n) is 2.65. The van der Waals surface area contributed by atoms with Crippen molar-refractivity contribution in [3.05, 3.63) is 23.8 Å². The highest BCUT2D eigenvalue weighted by Crippen LogP contribution is 2.23. The van der Waals surface area contributed by atoms with Gasteiger partial charge in [0.25, 0.3) is 5.91 Å². The van der Waals surface area contributed by atoms with Gasteiger partial charge in [-0.1, -0.05) is 12.8 Å². The molecular weight excluding hydrogens is 254 g/mol. The standard InChI is InChI=1S/C15H23N3O2/c1-18(2)13-8-7-10(16)9-11(13)15(20)17-12-5-3-4-6-14(12)19/h7-9,12,14,19H,3-6,16H2,1-2H3,(H,17,20)/t12-,14-/m0/s1. The molecular formula is C15H23N3O2. The number of nitrogens with two attached hydrogens (primary N) is 1. The summed E-state index contributed by atoms with van der Waals surface area (Å²) in [5.41, 5.74) is 7.71. The predicted molar refractivity (Wildman–Crippen MR) is 80.9 cm³/mol. The molecule has 4 N–H and O–H groups in total. The molecule has 1 saturated carbocycles. The molecule has 20 heavy (non-hydrogen) atoms. The average Bonchev–Trinajstić information content (AvgIpc) is 2.40. The molecule has 2 atom stereocenters. The van der Waals surface area contributed by atoms with Crippen molar-refractivity contribution < 1.29 is 9.90 Å². The number of benzene rings is 1. The Balaban J connectivity index is 2.18. The molecule has 110 valence electrons. The van der Waals surface area contributed by atoms with Crippen LogP contribution in [0, 0.1) is 0 Å². The molecule has 5 heteroatoms. The molecule has 1 amide bonds. The van der Waals surface area contributed by atoms with Crippen LogP contribution in [0.25, 0.3) is 0 Å². The third-order valence-corrected chi connectivity index (χ3v) is 3.79. The number of aliphatic hydroxyl groups excluding tert-OH is 1. The number of hydrogen-bond acceptors (Lipinski definition) is 4. The summed E-state index contributed by atoms with van der Waals surface area (Å²) in [4.78, 5) is 14.3. The van der Waals surface area contributed by atoms with Gasteiger partial charge >= 0.3 is 0 Å². The molecule has 1 fully saturated rings. The number of aliphatic hydroxyl groups is 1. The van der Waals surface area contributed by atoms with Gasteiger partial charge in [0.05, 0.1) is 17.7 Å². The number of hydrogen-bond donors (Lipinski definition) is 3. The number of carbonyl (C=O) groups is 1. The van der Waals surface area contributed by atoms with E-state index in [1.807, 2.05) is 25.1 Å². The first-order valence-corrected chi connectivity index (χ1v) is 7.05. The average molecular weight is 277 g/mol. The maximum absolute atomic E-state index is 12.4. The molecule has 5 nitrogen and oxygen atoms in total. The van der Waals surface area contributed by atoms with E-state index in [0.29, 0.717) is 11.3 Å². The number of carbonyl (C=O) groups excluding carboxylic acids is 1. The molecule has 1 aromatic rings. The van der Waals surface area contributed by atoms with Gasteiger partial charge in [0, 0.05) is 25.5 Å². The second-order valence-electron chi connectivity index (χ2n) is 5.60. The van der Waals surface area contributed by atoms with Crippen LogP contribution >= 0.6 is 0 Å². The normalized spacial score (nSPS) is 22.4. The largest absolute Gasteiger partial charge is 0.399 e. The summed E-state index contributed by atoms with van der Waals surface area (Å²) in [6.45, 7) is 0. The predicted octanol–water partition coefficient (Wildman–Crippen LogP) is 1.37. The fourth-order valence-corrected chi connectivity index (χ4v) is 2.65. The van der Waals surface area contributed by atoms with Crippen LogP contribution in [0.15, 0.2) is 18.2 Å². The minimum atomic E-state index is -0.448. The Morgan fingerprint density at radius 1 is 1.35 bits per heavy atom. The molecule has 1 aliphatic rings. The molecule has 0 saturated heterocycles. The molecule has 0 aliphatic heterocycles. The van der Waals surface area contributed by atoms with Gasteiger partial charge in [-0.25, -0.2) is 0 Å². The molecule has 0 radical (unpaired) electrons. The van der Waals surface area contributed by atoms with Crippen molar-refractivity contribution in [2.45, 2.75) is 37.8 Å². The molecule has 0 spiro atoms. The number of anilines is 2. The lowest BCUT2D eigenvalue weighted by molar-refractivity contribution is 0.0717. The Morgan fingerprint density at radius 3 is 2.70 bits per heavy atom. The lowest BCUT2D eigenvalue weighted by atomic mass is 9.92. The summed E-state index contributed by atoms with van der Waals surface area (Å²) >= 11 is 0. The van der Waals surface area contributed by atoms with Gasteiger partial charge in [-0.3, -0.25) is 4.79 Å². The highest BCUT2D eigenvalue weighted by atomic mass is 16.3. The van der Waals surface area contributed by atoms with Gasteiger partial charge in [0.1, 0.15) is 0 Å². The van der Waals surface area contributed by atoms with E-state index < -0.39 is 6.10 Å². The molecule has 2 rings (SSSR count). The third-order valence-electron chi connectivity index (χ3n) is 3.79. The summed E-state index contributed by atoms with van der Waals surface area (Å²) in [6.07, 6.45) is 3.19. The van der Waals surface area contributed by atoms with Crippen LogP contribution in [-0.4, -0.2) is 37.3 Å². The summed E-state index contributed by atoms with van der Waals surface area (Å²) in [5, 5.41) is 12.9. The van der Waals surface area contributed by atoms with E-state index in [2.05, 4.69) is 5.32 Å². The number of amides is 1. The third kappa shape index (κ3) is 3.22. The SMILES string of the molecule is CN(C)c1ccc(N)cc1C(=O)N[C@H]1CCCC[C@@H]1O. The Labute approximate surface area is 119 Å². The second-order valence-corrected chi connectivity index (χ2v) is 5.60. The first kappa shape index (κ1) is 14.7. The maximum atomic E-state index is 12.4. The zero-order valence-corrected chi connectivity index (χ0v) is 12.1. The molecule has 0 unspecified atom stereocenters. The Kier molecular flexibility index (Phi) is 4.49. The zero-order valence-electron chi connectivity index (χ0n) is 12.1. The Bertz CT molecular complexity index is 488. The molecule has 0 heterocycles. The van der Waals surface area contributed by atoms with Crippen molar-refractivity contribution in [3.8, 4) is 0 Å². The fraction of sp³-hybridized carbons (Fsp3) is 0.533. The Morgan fingerprint density at radius 2 is 2.05 bits per heavy atom. The van der Waals surface area contributed by atoms with E-state index in [4.69, 9.17) is 5.73 Å². The van der Waals surface area contributed by atoms with E-state index >= 15 is 0 Å². The van der Waals surface area contributed by atoms with E-state index in [0.717, 1.165) is 31.4 Å². The number of rotatable bonds is 3. The summed E-state index contributed by atoms with van der Waals surface area (Å²) in [7, 11) is 3.77. The summed E-state index contributed by atoms with van der Waals surface area (Å²) in [6, 6.07) is 5.14. The lowest BCUT2D eigenvalue weighted by Gasteiger charge is -2.29. The summed E-state index contributed by atoms with van der Waals surface area (Å²) < 4.78 is 0. The van der Waals surface area contributed by atoms with E-state index in [1.54, 1.807) is 12.1 Å². The van der Waals surface area contributed by atoms with Crippen molar-refractivity contribution in [1.29, 1.82) is 0 Å². The van der Waals surface area contributed by atoms with Crippen LogP contribution < -0.4 is 16.0 Å².